The molecule has 4 heteroatoms. The highest BCUT2D eigenvalue weighted by Gasteiger charge is 2.17. The first-order valence-electron chi connectivity index (χ1n) is 8.22. The third-order valence-corrected chi connectivity index (χ3v) is 3.55. The van der Waals surface area contributed by atoms with Crippen LogP contribution >= 0.6 is 0 Å². The van der Waals surface area contributed by atoms with Gasteiger partial charge in [-0.15, -0.1) is 0 Å². The molecule has 0 saturated carbocycles. The van der Waals surface area contributed by atoms with E-state index in [0.29, 0.717) is 5.57 Å². The van der Waals surface area contributed by atoms with Crippen LogP contribution in [0.1, 0.15) is 54.9 Å². The van der Waals surface area contributed by atoms with Crippen LogP contribution in [0.25, 0.3) is 0 Å². The van der Waals surface area contributed by atoms with Gasteiger partial charge in [-0.05, 0) is 45.6 Å². The number of nitrogens with zero attached hydrogens (tertiary/aromatic N) is 1. The van der Waals surface area contributed by atoms with Gasteiger partial charge in [0.05, 0.1) is 17.3 Å². The molecule has 0 heterocycles. The first-order chi connectivity index (χ1) is 10.9. The lowest BCUT2D eigenvalue weighted by molar-refractivity contribution is 0.379. The maximum atomic E-state index is 14.2. The maximum Gasteiger partial charge on any atom is 0.146 e. The van der Waals surface area contributed by atoms with Crippen molar-refractivity contribution >= 4 is 0 Å². The molecule has 0 aromatic rings. The lowest BCUT2D eigenvalue weighted by atomic mass is 9.90. The summed E-state index contributed by atoms with van der Waals surface area (Å²) in [6.07, 6.45) is 2.08. The molecule has 0 saturated heterocycles. The van der Waals surface area contributed by atoms with Crippen molar-refractivity contribution in [2.24, 2.45) is 5.41 Å². The predicted molar refractivity (Wildman–Crippen MR) is 101 cm³/mol. The van der Waals surface area contributed by atoms with Gasteiger partial charge < -0.3 is 10.6 Å². The van der Waals surface area contributed by atoms with Gasteiger partial charge in [0.25, 0.3) is 0 Å². The lowest BCUT2D eigenvalue weighted by Crippen LogP contribution is -2.43. The highest BCUT2D eigenvalue weighted by atomic mass is 19.1. The molecule has 2 N–H and O–H groups in total. The maximum absolute atomic E-state index is 14.2. The molecular weight excluding hydrogens is 301 g/mol. The summed E-state index contributed by atoms with van der Waals surface area (Å²) in [5.74, 6) is -0.527. The molecule has 134 valence electrons. The molecule has 0 aromatic carbocycles. The third-order valence-electron chi connectivity index (χ3n) is 3.55. The number of halogens is 1. The molecule has 0 aliphatic heterocycles. The average molecular weight is 333 g/mol. The van der Waals surface area contributed by atoms with Gasteiger partial charge in [0.2, 0.25) is 0 Å². The summed E-state index contributed by atoms with van der Waals surface area (Å²) < 4.78 is 14.2. The fraction of sp³-hybridized carbons (Fsp3) is 0.550. The van der Waals surface area contributed by atoms with E-state index in [1.54, 1.807) is 13.8 Å². The van der Waals surface area contributed by atoms with Crippen LogP contribution in [-0.4, -0.2) is 12.1 Å². The van der Waals surface area contributed by atoms with Crippen molar-refractivity contribution in [3.63, 3.8) is 0 Å². The minimum atomic E-state index is -0.527. The second kappa shape index (κ2) is 9.32. The second-order valence-corrected chi connectivity index (χ2v) is 7.70. The van der Waals surface area contributed by atoms with Crippen LogP contribution in [0.4, 0.5) is 4.39 Å². The molecule has 0 rings (SSSR count). The SMILES string of the molecule is C=C(CC(C)(C)C)N[C@@H](C)C(C)NC(=C)/C(F)=C\C(C#N)=C(C)C. The Hall–Kier alpha value is -2.02. The molecule has 0 aromatic heterocycles. The molecule has 24 heavy (non-hydrogen) atoms. The van der Waals surface area contributed by atoms with Gasteiger partial charge in [0, 0.05) is 17.8 Å². The smallest absolute Gasteiger partial charge is 0.146 e. The standard InChI is InChI=1S/C20H32FN3/c1-13(2)18(12-22)10-19(21)17(6)24-16(5)15(4)23-14(3)11-20(7,8)9/h10,15-16,23-24H,3,6,11H2,1-2,4-5,7-9H3/b19-10+/t15-,16?/m0/s1. The quantitative estimate of drug-likeness (QED) is 0.479. The van der Waals surface area contributed by atoms with E-state index in [2.05, 4.69) is 44.6 Å². The van der Waals surface area contributed by atoms with Crippen LogP contribution in [-0.2, 0) is 0 Å². The monoisotopic (exact) mass is 333 g/mol. The fourth-order valence-corrected chi connectivity index (χ4v) is 2.11. The minimum Gasteiger partial charge on any atom is -0.384 e. The molecule has 0 amide bonds. The number of allylic oxidation sites excluding steroid dienone is 5. The van der Waals surface area contributed by atoms with E-state index in [1.807, 2.05) is 19.9 Å². The van der Waals surface area contributed by atoms with Gasteiger partial charge in [0.1, 0.15) is 5.83 Å². The molecule has 0 spiro atoms. The van der Waals surface area contributed by atoms with Gasteiger partial charge in [0.15, 0.2) is 0 Å². The van der Waals surface area contributed by atoms with Gasteiger partial charge in [-0.3, -0.25) is 0 Å². The molecule has 0 aliphatic carbocycles. The van der Waals surface area contributed by atoms with Crippen molar-refractivity contribution in [3.05, 3.63) is 47.6 Å². The highest BCUT2D eigenvalue weighted by molar-refractivity contribution is 5.41. The Morgan fingerprint density at radius 3 is 2.08 bits per heavy atom. The number of nitrogens with one attached hydrogen (secondary N) is 2. The largest absolute Gasteiger partial charge is 0.384 e. The van der Waals surface area contributed by atoms with Crippen LogP contribution in [0.3, 0.4) is 0 Å². The summed E-state index contributed by atoms with van der Waals surface area (Å²) in [6, 6.07) is 1.99. The number of hydrogen-bond acceptors (Lipinski definition) is 3. The van der Waals surface area contributed by atoms with Crippen LogP contribution in [0.15, 0.2) is 47.6 Å². The van der Waals surface area contributed by atoms with Crippen molar-refractivity contribution < 1.29 is 4.39 Å². The van der Waals surface area contributed by atoms with Gasteiger partial charge >= 0.3 is 0 Å². The van der Waals surface area contributed by atoms with E-state index in [9.17, 15) is 4.39 Å². The van der Waals surface area contributed by atoms with E-state index in [1.165, 1.54) is 6.08 Å². The summed E-state index contributed by atoms with van der Waals surface area (Å²) in [5, 5.41) is 15.4. The Labute approximate surface area is 147 Å². The van der Waals surface area contributed by atoms with E-state index in [-0.39, 0.29) is 23.2 Å². The molecule has 2 atom stereocenters. The zero-order chi connectivity index (χ0) is 19.1. The normalized spacial score (nSPS) is 14.2. The molecule has 1 unspecified atom stereocenters. The van der Waals surface area contributed by atoms with Gasteiger partial charge in [-0.1, -0.05) is 39.5 Å². The summed E-state index contributed by atoms with van der Waals surface area (Å²) >= 11 is 0. The van der Waals surface area contributed by atoms with Crippen LogP contribution in [0.2, 0.25) is 0 Å². The molecule has 3 nitrogen and oxygen atoms in total. The third kappa shape index (κ3) is 8.57. The molecule has 0 radical (unpaired) electrons. The van der Waals surface area contributed by atoms with Gasteiger partial charge in [-0.25, -0.2) is 4.39 Å². The Balaban J connectivity index is 4.76. The zero-order valence-corrected chi connectivity index (χ0v) is 16.2. The predicted octanol–water partition coefficient (Wildman–Crippen LogP) is 5.12. The van der Waals surface area contributed by atoms with Crippen molar-refractivity contribution in [2.75, 3.05) is 0 Å². The average Bonchev–Trinajstić information content (AvgIpc) is 2.41. The first-order valence-corrected chi connectivity index (χ1v) is 8.22. The topological polar surface area (TPSA) is 47.8 Å². The van der Waals surface area contributed by atoms with Crippen molar-refractivity contribution in [1.82, 2.24) is 10.6 Å². The fourth-order valence-electron chi connectivity index (χ4n) is 2.11. The van der Waals surface area contributed by atoms with Crippen LogP contribution in [0, 0.1) is 16.7 Å². The van der Waals surface area contributed by atoms with E-state index in [4.69, 9.17) is 5.26 Å². The molecule has 0 bridgehead atoms. The Bertz CT molecular complexity index is 567. The molecule has 0 fully saturated rings. The molecular formula is C20H32FN3. The van der Waals surface area contributed by atoms with Crippen molar-refractivity contribution in [3.8, 4) is 6.07 Å². The van der Waals surface area contributed by atoms with Crippen LogP contribution < -0.4 is 10.6 Å². The Morgan fingerprint density at radius 2 is 1.67 bits per heavy atom. The van der Waals surface area contributed by atoms with E-state index < -0.39 is 5.83 Å². The van der Waals surface area contributed by atoms with E-state index >= 15 is 0 Å². The van der Waals surface area contributed by atoms with Crippen molar-refractivity contribution in [2.45, 2.75) is 67.0 Å². The first kappa shape index (κ1) is 22.0. The number of hydrogen-bond donors (Lipinski definition) is 2. The summed E-state index contributed by atoms with van der Waals surface area (Å²) in [4.78, 5) is 0. The number of nitriles is 1. The summed E-state index contributed by atoms with van der Waals surface area (Å²) in [7, 11) is 0. The zero-order valence-electron chi connectivity index (χ0n) is 16.2. The second-order valence-electron chi connectivity index (χ2n) is 7.70. The van der Waals surface area contributed by atoms with Crippen LogP contribution in [0.5, 0.6) is 0 Å². The summed E-state index contributed by atoms with van der Waals surface area (Å²) in [6.45, 7) is 21.8. The van der Waals surface area contributed by atoms with Gasteiger partial charge in [-0.2, -0.15) is 5.26 Å². The summed E-state index contributed by atoms with van der Waals surface area (Å²) in [5.41, 5.74) is 2.37. The van der Waals surface area contributed by atoms with E-state index in [0.717, 1.165) is 17.7 Å². The highest BCUT2D eigenvalue weighted by Crippen LogP contribution is 2.22. The lowest BCUT2D eigenvalue weighted by Gasteiger charge is -2.28. The Morgan fingerprint density at radius 1 is 1.17 bits per heavy atom. The minimum absolute atomic E-state index is 0.0504. The van der Waals surface area contributed by atoms with Crippen molar-refractivity contribution in [1.29, 1.82) is 5.26 Å². The number of rotatable bonds is 8. The molecule has 0 aliphatic rings. The Kier molecular flexibility index (Phi) is 8.53.